The van der Waals surface area contributed by atoms with Gasteiger partial charge in [0.1, 0.15) is 6.10 Å². The number of ether oxygens (including phenoxy) is 2. The molecule has 3 aromatic rings. The summed E-state index contributed by atoms with van der Waals surface area (Å²) >= 11 is 0. The van der Waals surface area contributed by atoms with Gasteiger partial charge in [0.15, 0.2) is 0 Å². The normalized spacial score (nSPS) is 14.6. The Kier molecular flexibility index (Phi) is 8.17. The zero-order valence-corrected chi connectivity index (χ0v) is 20.8. The predicted octanol–water partition coefficient (Wildman–Crippen LogP) is 6.82. The van der Waals surface area contributed by atoms with Crippen LogP contribution in [0.1, 0.15) is 38.8 Å². The summed E-state index contributed by atoms with van der Waals surface area (Å²) in [6.07, 6.45) is 1.09. The zero-order chi connectivity index (χ0) is 26.4. The number of halogens is 3. The average Bonchev–Trinajstić information content (AvgIpc) is 2.93. The Labute approximate surface area is 214 Å². The van der Waals surface area contributed by atoms with Crippen LogP contribution in [-0.2, 0) is 22.3 Å². The van der Waals surface area contributed by atoms with Crippen molar-refractivity contribution in [3.63, 3.8) is 0 Å². The van der Waals surface area contributed by atoms with Crippen molar-refractivity contribution >= 4 is 14.6 Å². The van der Waals surface area contributed by atoms with E-state index in [4.69, 9.17) is 4.74 Å². The number of pyridine rings is 1. The molecule has 0 saturated carbocycles. The van der Waals surface area contributed by atoms with E-state index in [2.05, 4.69) is 15.5 Å². The van der Waals surface area contributed by atoms with Gasteiger partial charge in [0.2, 0.25) is 0 Å². The summed E-state index contributed by atoms with van der Waals surface area (Å²) in [7, 11) is 1.83. The second-order valence-corrected chi connectivity index (χ2v) is 9.24. The lowest BCUT2D eigenvalue weighted by atomic mass is 9.91. The molecule has 0 amide bonds. The van der Waals surface area contributed by atoms with Gasteiger partial charge >= 0.3 is 12.1 Å². The number of nitriles is 1. The molecule has 0 saturated heterocycles. The Morgan fingerprint density at radius 1 is 1.16 bits per heavy atom. The molecule has 1 aromatic heterocycles. The fourth-order valence-electron chi connectivity index (χ4n) is 3.96. The number of nitrogens with zero attached hydrogens (tertiary/aromatic N) is 2. The number of hydrogen-bond acceptors (Lipinski definition) is 5. The Balaban J connectivity index is 1.72. The van der Waals surface area contributed by atoms with E-state index >= 15 is 0 Å². The second kappa shape index (κ2) is 11.5. The summed E-state index contributed by atoms with van der Waals surface area (Å²) in [5, 5.41) is 9.66. The van der Waals surface area contributed by atoms with Gasteiger partial charge in [0.05, 0.1) is 42.2 Å². The molecule has 1 aliphatic heterocycles. The van der Waals surface area contributed by atoms with Crippen LogP contribution in [0.25, 0.3) is 11.1 Å². The molecule has 0 fully saturated rings. The number of alkyl halides is 3. The monoisotopic (exact) mass is 522 g/mol. The first-order chi connectivity index (χ1) is 17.8. The molecule has 4 rings (SSSR count). The Morgan fingerprint density at radius 3 is 2.62 bits per heavy atom. The predicted molar refractivity (Wildman–Crippen MR) is 135 cm³/mol. The van der Waals surface area contributed by atoms with Gasteiger partial charge in [0.25, 0.3) is 0 Å². The number of benzene rings is 2. The molecule has 37 heavy (non-hydrogen) atoms. The molecule has 0 radical (unpaired) electrons. The summed E-state index contributed by atoms with van der Waals surface area (Å²) in [5.74, 6) is 1.56. The maximum atomic E-state index is 13.8. The summed E-state index contributed by atoms with van der Waals surface area (Å²) in [6, 6.07) is 15.3. The van der Waals surface area contributed by atoms with E-state index < -0.39 is 23.8 Å². The molecule has 5 nitrogen and oxygen atoms in total. The van der Waals surface area contributed by atoms with Gasteiger partial charge in [-0.2, -0.15) is 18.4 Å². The van der Waals surface area contributed by atoms with E-state index in [-0.39, 0.29) is 23.3 Å². The summed E-state index contributed by atoms with van der Waals surface area (Å²) in [5.41, 5.74) is 1.80. The smallest absolute Gasteiger partial charge is 0.417 e. The van der Waals surface area contributed by atoms with Crippen molar-refractivity contribution in [2.45, 2.75) is 18.9 Å². The third-order valence-electron chi connectivity index (χ3n) is 5.75. The Hall–Kier alpha value is -3.79. The van der Waals surface area contributed by atoms with Gasteiger partial charge in [-0.15, -0.1) is 0 Å². The number of hydrogen-bond donors (Lipinski definition) is 0. The van der Waals surface area contributed by atoms with Crippen LogP contribution in [0.5, 0.6) is 0 Å². The lowest BCUT2D eigenvalue weighted by molar-refractivity contribution is -0.137. The van der Waals surface area contributed by atoms with Crippen LogP contribution in [0.4, 0.5) is 13.2 Å². The molecular formula is C28H22F3N2O3P. The molecule has 0 N–H and O–H groups in total. The van der Waals surface area contributed by atoms with Crippen LogP contribution in [0.3, 0.4) is 0 Å². The first kappa shape index (κ1) is 26.3. The highest BCUT2D eigenvalue weighted by atomic mass is 31.1. The van der Waals surface area contributed by atoms with Crippen molar-refractivity contribution < 1.29 is 27.4 Å². The fraction of sp³-hybridized carbons (Fsp3) is 0.179. The topological polar surface area (TPSA) is 72.2 Å². The molecule has 2 atom stereocenters. The van der Waals surface area contributed by atoms with Crippen molar-refractivity contribution in [1.29, 1.82) is 5.26 Å². The minimum absolute atomic E-state index is 0.0674. The maximum Gasteiger partial charge on any atom is 0.417 e. The van der Waals surface area contributed by atoms with Crippen molar-refractivity contribution in [2.75, 3.05) is 13.3 Å². The minimum atomic E-state index is -4.58. The highest BCUT2D eigenvalue weighted by Crippen LogP contribution is 2.40. The van der Waals surface area contributed by atoms with Gasteiger partial charge in [-0.05, 0) is 53.2 Å². The van der Waals surface area contributed by atoms with Gasteiger partial charge in [-0.1, -0.05) is 50.8 Å². The summed E-state index contributed by atoms with van der Waals surface area (Å²) < 4.78 is 52.2. The second-order valence-electron chi connectivity index (χ2n) is 8.14. The molecule has 2 unspecified atom stereocenters. The molecular weight excluding hydrogens is 500 g/mol. The third kappa shape index (κ3) is 6.14. The van der Waals surface area contributed by atoms with Crippen LogP contribution in [0.15, 0.2) is 84.3 Å². The largest absolute Gasteiger partial charge is 0.465 e. The van der Waals surface area contributed by atoms with Gasteiger partial charge < -0.3 is 9.47 Å². The molecule has 0 aliphatic carbocycles. The van der Waals surface area contributed by atoms with Crippen molar-refractivity contribution in [3.8, 4) is 17.2 Å². The number of esters is 1. The number of rotatable bonds is 7. The van der Waals surface area contributed by atoms with Crippen LogP contribution < -0.4 is 0 Å². The average molecular weight is 522 g/mol. The van der Waals surface area contributed by atoms with E-state index in [0.717, 1.165) is 17.8 Å². The van der Waals surface area contributed by atoms with Gasteiger partial charge in [0, 0.05) is 11.8 Å². The van der Waals surface area contributed by atoms with Crippen LogP contribution in [0.2, 0.25) is 0 Å². The molecule has 9 heteroatoms. The summed E-state index contributed by atoms with van der Waals surface area (Å²) in [4.78, 5) is 15.9. The molecule has 2 heterocycles. The van der Waals surface area contributed by atoms with Crippen molar-refractivity contribution in [3.05, 3.63) is 112 Å². The van der Waals surface area contributed by atoms with E-state index in [9.17, 15) is 23.2 Å². The Morgan fingerprint density at radius 2 is 1.97 bits per heavy atom. The van der Waals surface area contributed by atoms with Crippen LogP contribution >= 0.6 is 8.58 Å². The number of allylic oxidation sites excluding steroid dienone is 1. The maximum absolute atomic E-state index is 13.8. The highest BCUT2D eigenvalue weighted by molar-refractivity contribution is 7.42. The first-order valence-corrected chi connectivity index (χ1v) is 12.6. The van der Waals surface area contributed by atoms with E-state index in [1.807, 2.05) is 18.2 Å². The molecule has 1 aliphatic rings. The van der Waals surface area contributed by atoms with E-state index in [1.165, 1.54) is 37.6 Å². The number of carbonyl (C=O) groups is 1. The quantitative estimate of drug-likeness (QED) is 0.252. The first-order valence-electron chi connectivity index (χ1n) is 11.3. The SMILES string of the molecule is COC(=O)c1ccc(COC(C2=CPCC=C2)c2ccc(C#N)c(-c3ccccc3C(F)(F)F)c2)nc1. The molecule has 2 aromatic carbocycles. The van der Waals surface area contributed by atoms with Crippen LogP contribution in [0, 0.1) is 11.3 Å². The number of carbonyl (C=O) groups excluding carboxylic acids is 1. The van der Waals surface area contributed by atoms with E-state index in [0.29, 0.717) is 25.4 Å². The van der Waals surface area contributed by atoms with Crippen molar-refractivity contribution in [1.82, 2.24) is 4.98 Å². The summed E-state index contributed by atoms with van der Waals surface area (Å²) in [6.45, 7) is 0.0921. The van der Waals surface area contributed by atoms with Gasteiger partial charge in [-0.3, -0.25) is 4.98 Å². The van der Waals surface area contributed by atoms with E-state index in [1.54, 1.807) is 24.3 Å². The number of aromatic nitrogens is 1. The van der Waals surface area contributed by atoms with Crippen LogP contribution in [-0.4, -0.2) is 24.2 Å². The zero-order valence-electron chi connectivity index (χ0n) is 19.8. The fourth-order valence-corrected chi connectivity index (χ4v) is 4.82. The lowest BCUT2D eigenvalue weighted by Gasteiger charge is -2.23. The minimum Gasteiger partial charge on any atom is -0.465 e. The lowest BCUT2D eigenvalue weighted by Crippen LogP contribution is -2.10. The number of methoxy groups -OCH3 is 1. The Bertz CT molecular complexity index is 1390. The highest BCUT2D eigenvalue weighted by Gasteiger charge is 2.34. The van der Waals surface area contributed by atoms with Gasteiger partial charge in [-0.25, -0.2) is 4.79 Å². The standard InChI is InChI=1S/C28H22F3N2O3P/c1-35-27(34)20-10-11-22(33-15-20)16-36-26(21-5-4-12-37-17-21)18-8-9-19(14-32)24(13-18)23-6-2-3-7-25(23)28(29,30)31/h2-11,13,15,17,26,37H,12,16H2,1H3. The van der Waals surface area contributed by atoms with Crippen molar-refractivity contribution in [2.24, 2.45) is 0 Å². The molecule has 0 spiro atoms. The molecule has 188 valence electrons. The molecule has 0 bridgehead atoms. The third-order valence-corrected chi connectivity index (χ3v) is 6.76.